The SMILES string of the molecule is OB1ON=Cc2ccc(-c3cccc(C(F)(F)F)c3)cc21. The van der Waals surface area contributed by atoms with Gasteiger partial charge in [0.25, 0.3) is 0 Å². The Bertz CT molecular complexity index is 716. The molecule has 0 bridgehead atoms. The summed E-state index contributed by atoms with van der Waals surface area (Å²) in [7, 11) is -1.21. The molecule has 0 atom stereocenters. The molecule has 0 fully saturated rings. The first-order valence-corrected chi connectivity index (χ1v) is 6.14. The molecule has 0 aliphatic carbocycles. The lowest BCUT2D eigenvalue weighted by atomic mass is 9.75. The van der Waals surface area contributed by atoms with Crippen molar-refractivity contribution in [2.75, 3.05) is 0 Å². The first-order chi connectivity index (χ1) is 9.95. The monoisotopic (exact) mass is 291 g/mol. The highest BCUT2D eigenvalue weighted by Gasteiger charge is 2.30. The molecule has 3 rings (SSSR count). The highest BCUT2D eigenvalue weighted by molar-refractivity contribution is 6.62. The molecule has 106 valence electrons. The van der Waals surface area contributed by atoms with E-state index in [1.165, 1.54) is 12.3 Å². The summed E-state index contributed by atoms with van der Waals surface area (Å²) >= 11 is 0. The summed E-state index contributed by atoms with van der Waals surface area (Å²) in [6.45, 7) is 0. The maximum absolute atomic E-state index is 12.7. The number of rotatable bonds is 1. The maximum atomic E-state index is 12.7. The molecule has 2 aromatic rings. The Hall–Kier alpha value is -2.28. The van der Waals surface area contributed by atoms with E-state index < -0.39 is 18.9 Å². The molecule has 0 spiro atoms. The summed E-state index contributed by atoms with van der Waals surface area (Å²) in [6, 6.07) is 9.99. The molecule has 1 N–H and O–H groups in total. The van der Waals surface area contributed by atoms with Crippen molar-refractivity contribution in [3.63, 3.8) is 0 Å². The largest absolute Gasteiger partial charge is 0.583 e. The van der Waals surface area contributed by atoms with Crippen LogP contribution in [0.4, 0.5) is 13.2 Å². The van der Waals surface area contributed by atoms with Crippen molar-refractivity contribution >= 4 is 18.8 Å². The lowest BCUT2D eigenvalue weighted by molar-refractivity contribution is -0.137. The summed E-state index contributed by atoms with van der Waals surface area (Å²) < 4.78 is 42.9. The van der Waals surface area contributed by atoms with Crippen LogP contribution in [0, 0.1) is 0 Å². The number of fused-ring (bicyclic) bond motifs is 1. The van der Waals surface area contributed by atoms with E-state index in [1.54, 1.807) is 24.3 Å². The minimum atomic E-state index is -4.39. The zero-order valence-corrected chi connectivity index (χ0v) is 10.6. The van der Waals surface area contributed by atoms with Gasteiger partial charge in [-0.3, -0.25) is 0 Å². The van der Waals surface area contributed by atoms with E-state index in [1.807, 2.05) is 0 Å². The lowest BCUT2D eigenvalue weighted by Crippen LogP contribution is -2.37. The molecule has 2 aromatic carbocycles. The third-order valence-electron chi connectivity index (χ3n) is 3.23. The molecule has 0 saturated carbocycles. The van der Waals surface area contributed by atoms with Crippen molar-refractivity contribution in [3.05, 3.63) is 53.6 Å². The predicted molar refractivity (Wildman–Crippen MR) is 73.2 cm³/mol. The van der Waals surface area contributed by atoms with Gasteiger partial charge in [0, 0.05) is 5.46 Å². The standard InChI is InChI=1S/C14H9BF3NO2/c16-14(17,18)12-3-1-2-9(6-12)10-4-5-11-8-19-21-15(20)13(11)7-10/h1-8,20H. The number of halogens is 3. The molecule has 7 heteroatoms. The van der Waals surface area contributed by atoms with E-state index in [0.717, 1.165) is 12.1 Å². The molecule has 21 heavy (non-hydrogen) atoms. The van der Waals surface area contributed by atoms with Crippen LogP contribution in [0.3, 0.4) is 0 Å². The fourth-order valence-electron chi connectivity index (χ4n) is 2.16. The topological polar surface area (TPSA) is 41.8 Å². The molecule has 0 aromatic heterocycles. The zero-order valence-electron chi connectivity index (χ0n) is 10.6. The van der Waals surface area contributed by atoms with Crippen LogP contribution in [0.25, 0.3) is 11.1 Å². The first-order valence-electron chi connectivity index (χ1n) is 6.14. The van der Waals surface area contributed by atoms with Crippen molar-refractivity contribution in [1.29, 1.82) is 0 Å². The van der Waals surface area contributed by atoms with E-state index in [0.29, 0.717) is 22.2 Å². The zero-order chi connectivity index (χ0) is 15.0. The first kappa shape index (κ1) is 13.7. The van der Waals surface area contributed by atoms with Crippen molar-refractivity contribution < 1.29 is 23.0 Å². The van der Waals surface area contributed by atoms with Crippen LogP contribution in [-0.2, 0) is 10.9 Å². The quantitative estimate of drug-likeness (QED) is 0.820. The number of benzene rings is 2. The van der Waals surface area contributed by atoms with E-state index in [4.69, 9.17) is 4.76 Å². The van der Waals surface area contributed by atoms with Crippen LogP contribution < -0.4 is 5.46 Å². The predicted octanol–water partition coefficient (Wildman–Crippen LogP) is 2.42. The van der Waals surface area contributed by atoms with Gasteiger partial charge in [0.15, 0.2) is 0 Å². The minimum Gasteiger partial charge on any atom is -0.427 e. The van der Waals surface area contributed by atoms with Gasteiger partial charge >= 0.3 is 13.3 Å². The summed E-state index contributed by atoms with van der Waals surface area (Å²) in [5.74, 6) is 0. The third-order valence-corrected chi connectivity index (χ3v) is 3.23. The highest BCUT2D eigenvalue weighted by atomic mass is 19.4. The minimum absolute atomic E-state index is 0.419. The van der Waals surface area contributed by atoms with Crippen molar-refractivity contribution in [3.8, 4) is 11.1 Å². The van der Waals surface area contributed by atoms with Gasteiger partial charge in [0.05, 0.1) is 11.8 Å². The van der Waals surface area contributed by atoms with Gasteiger partial charge in [-0.25, -0.2) is 0 Å². The van der Waals surface area contributed by atoms with E-state index >= 15 is 0 Å². The Kier molecular flexibility index (Phi) is 3.21. The smallest absolute Gasteiger partial charge is 0.427 e. The average Bonchev–Trinajstić information content (AvgIpc) is 2.47. The summed E-state index contributed by atoms with van der Waals surface area (Å²) in [5, 5.41) is 13.2. The molecule has 0 radical (unpaired) electrons. The molecular weight excluding hydrogens is 282 g/mol. The number of oxime groups is 1. The van der Waals surface area contributed by atoms with Gasteiger partial charge in [-0.1, -0.05) is 30.3 Å². The Morgan fingerprint density at radius 2 is 1.81 bits per heavy atom. The van der Waals surface area contributed by atoms with E-state index in [9.17, 15) is 18.2 Å². The van der Waals surface area contributed by atoms with Gasteiger partial charge in [0.1, 0.15) is 0 Å². The molecule has 1 aliphatic rings. The summed E-state index contributed by atoms with van der Waals surface area (Å²) in [6.07, 6.45) is -2.95. The van der Waals surface area contributed by atoms with Gasteiger partial charge in [-0.15, -0.1) is 5.16 Å². The number of hydrogen-bond acceptors (Lipinski definition) is 3. The summed E-state index contributed by atoms with van der Waals surface area (Å²) in [5.41, 5.74) is 1.42. The van der Waals surface area contributed by atoms with Crippen molar-refractivity contribution in [2.24, 2.45) is 5.16 Å². The average molecular weight is 291 g/mol. The molecule has 0 saturated heterocycles. The van der Waals surface area contributed by atoms with Crippen molar-refractivity contribution in [1.82, 2.24) is 0 Å². The molecule has 1 aliphatic heterocycles. The van der Waals surface area contributed by atoms with Gasteiger partial charge < -0.3 is 9.78 Å². The van der Waals surface area contributed by atoms with Gasteiger partial charge in [0.2, 0.25) is 0 Å². The molecule has 0 amide bonds. The third kappa shape index (κ3) is 2.64. The van der Waals surface area contributed by atoms with Crippen molar-refractivity contribution in [2.45, 2.75) is 6.18 Å². The second kappa shape index (κ2) is 4.93. The molecular formula is C14H9BF3NO2. The van der Waals surface area contributed by atoms with Crippen LogP contribution in [0.2, 0.25) is 0 Å². The normalized spacial score (nSPS) is 13.8. The Balaban J connectivity index is 2.06. The van der Waals surface area contributed by atoms with E-state index in [-0.39, 0.29) is 0 Å². The Labute approximate surface area is 118 Å². The van der Waals surface area contributed by atoms with E-state index in [2.05, 4.69) is 5.16 Å². The summed E-state index contributed by atoms with van der Waals surface area (Å²) in [4.78, 5) is 0. The Morgan fingerprint density at radius 1 is 1.05 bits per heavy atom. The lowest BCUT2D eigenvalue weighted by Gasteiger charge is -2.14. The van der Waals surface area contributed by atoms with Crippen LogP contribution in [0.5, 0.6) is 0 Å². The second-order valence-electron chi connectivity index (χ2n) is 4.61. The fourth-order valence-corrected chi connectivity index (χ4v) is 2.16. The number of nitrogens with zero attached hydrogens (tertiary/aromatic N) is 1. The van der Waals surface area contributed by atoms with Crippen LogP contribution in [-0.4, -0.2) is 18.4 Å². The molecule has 3 nitrogen and oxygen atoms in total. The number of alkyl halides is 3. The molecule has 0 unspecified atom stereocenters. The van der Waals surface area contributed by atoms with Crippen LogP contribution >= 0.6 is 0 Å². The maximum Gasteiger partial charge on any atom is 0.583 e. The fraction of sp³-hybridized carbons (Fsp3) is 0.0714. The number of hydrogen-bond donors (Lipinski definition) is 1. The highest BCUT2D eigenvalue weighted by Crippen LogP contribution is 2.32. The molecule has 1 heterocycles. The van der Waals surface area contributed by atoms with Gasteiger partial charge in [-0.05, 0) is 28.8 Å². The van der Waals surface area contributed by atoms with Crippen LogP contribution in [0.15, 0.2) is 47.6 Å². The second-order valence-corrected chi connectivity index (χ2v) is 4.61. The van der Waals surface area contributed by atoms with Gasteiger partial charge in [-0.2, -0.15) is 13.2 Å². The van der Waals surface area contributed by atoms with Crippen LogP contribution in [0.1, 0.15) is 11.1 Å². The Morgan fingerprint density at radius 3 is 2.57 bits per heavy atom.